The number of aliphatic hydroxyl groups excluding tert-OH is 1. The van der Waals surface area contributed by atoms with E-state index in [-0.39, 0.29) is 12.7 Å². The number of benzene rings is 2. The highest BCUT2D eigenvalue weighted by atomic mass is 16.5. The summed E-state index contributed by atoms with van der Waals surface area (Å²) in [5.41, 5.74) is 6.28. The van der Waals surface area contributed by atoms with Gasteiger partial charge in [0.05, 0.1) is 31.1 Å². The molecular weight excluding hydrogens is 414 g/mol. The highest BCUT2D eigenvalue weighted by Crippen LogP contribution is 2.37. The monoisotopic (exact) mass is 449 g/mol. The minimum Gasteiger partial charge on any atom is -0.496 e. The fourth-order valence-corrected chi connectivity index (χ4v) is 3.78. The number of hydrogen-bond donors (Lipinski definition) is 1. The molecule has 0 fully saturated rings. The number of aromatic nitrogens is 1. The van der Waals surface area contributed by atoms with Crippen LogP contribution >= 0.6 is 0 Å². The molecule has 0 saturated carbocycles. The molecule has 33 heavy (non-hydrogen) atoms. The number of ether oxygens (including phenoxy) is 3. The summed E-state index contributed by atoms with van der Waals surface area (Å²) >= 11 is 0. The number of nitrogens with zero attached hydrogens (tertiary/aromatic N) is 1. The molecule has 0 bridgehead atoms. The van der Waals surface area contributed by atoms with Gasteiger partial charge in [-0.2, -0.15) is 0 Å². The van der Waals surface area contributed by atoms with Crippen molar-refractivity contribution < 1.29 is 19.3 Å². The maximum Gasteiger partial charge on any atom is 0.130 e. The van der Waals surface area contributed by atoms with E-state index >= 15 is 0 Å². The molecule has 0 radical (unpaired) electrons. The molecule has 1 aromatic heterocycles. The zero-order valence-electron chi connectivity index (χ0n) is 20.7. The first-order chi connectivity index (χ1) is 15.7. The quantitative estimate of drug-likeness (QED) is 0.412. The highest BCUT2D eigenvalue weighted by Gasteiger charge is 2.19. The van der Waals surface area contributed by atoms with Crippen LogP contribution in [-0.2, 0) is 13.2 Å². The molecule has 0 amide bonds. The van der Waals surface area contributed by atoms with Gasteiger partial charge in [-0.1, -0.05) is 38.1 Å². The first-order valence-electron chi connectivity index (χ1n) is 11.4. The average molecular weight is 450 g/mol. The van der Waals surface area contributed by atoms with Crippen LogP contribution in [0.3, 0.4) is 0 Å². The average Bonchev–Trinajstić information content (AvgIpc) is 2.78. The van der Waals surface area contributed by atoms with Crippen LogP contribution in [0.25, 0.3) is 11.3 Å². The second-order valence-corrected chi connectivity index (χ2v) is 8.86. The molecule has 0 saturated heterocycles. The minimum atomic E-state index is -0.107. The molecule has 0 unspecified atom stereocenters. The Morgan fingerprint density at radius 3 is 2.33 bits per heavy atom. The van der Waals surface area contributed by atoms with Crippen LogP contribution in [0.1, 0.15) is 61.6 Å². The van der Waals surface area contributed by atoms with Crippen molar-refractivity contribution in [2.24, 2.45) is 0 Å². The molecule has 0 aliphatic carbocycles. The van der Waals surface area contributed by atoms with Gasteiger partial charge in [-0.25, -0.2) is 0 Å². The molecule has 3 rings (SSSR count). The van der Waals surface area contributed by atoms with Crippen molar-refractivity contribution in [3.63, 3.8) is 0 Å². The van der Waals surface area contributed by atoms with Gasteiger partial charge < -0.3 is 19.3 Å². The van der Waals surface area contributed by atoms with E-state index in [1.807, 2.05) is 45.0 Å². The second-order valence-electron chi connectivity index (χ2n) is 8.86. The smallest absolute Gasteiger partial charge is 0.130 e. The molecule has 5 nitrogen and oxygen atoms in total. The van der Waals surface area contributed by atoms with Crippen molar-refractivity contribution in [3.05, 3.63) is 70.4 Å². The molecule has 0 aliphatic heterocycles. The van der Waals surface area contributed by atoms with Crippen LogP contribution in [-0.4, -0.2) is 23.3 Å². The minimum absolute atomic E-state index is 0.0145. The Labute approximate surface area is 197 Å². The molecular formula is C28H35NO4. The van der Waals surface area contributed by atoms with Crippen LogP contribution < -0.4 is 14.2 Å². The maximum atomic E-state index is 9.90. The molecule has 176 valence electrons. The van der Waals surface area contributed by atoms with E-state index in [4.69, 9.17) is 19.2 Å². The molecule has 0 aliphatic rings. The number of aryl methyl sites for hydroxylation is 2. The summed E-state index contributed by atoms with van der Waals surface area (Å²) in [4.78, 5) is 4.86. The van der Waals surface area contributed by atoms with E-state index in [2.05, 4.69) is 39.0 Å². The SMILES string of the molecule is COc1cccc(CO)c1-c1cc(OC(C)C)c(COc2cc(C(C)C)ccc2C)c(C)n1. The van der Waals surface area contributed by atoms with E-state index < -0.39 is 0 Å². The van der Waals surface area contributed by atoms with Crippen molar-refractivity contribution in [1.82, 2.24) is 4.98 Å². The largest absolute Gasteiger partial charge is 0.496 e. The van der Waals surface area contributed by atoms with Gasteiger partial charge in [0.15, 0.2) is 0 Å². The predicted molar refractivity (Wildman–Crippen MR) is 132 cm³/mol. The lowest BCUT2D eigenvalue weighted by atomic mass is 10.0. The van der Waals surface area contributed by atoms with E-state index in [1.54, 1.807) is 7.11 Å². The number of rotatable bonds is 9. The Morgan fingerprint density at radius 1 is 0.939 bits per heavy atom. The van der Waals surface area contributed by atoms with E-state index in [0.717, 1.165) is 39.4 Å². The Hall–Kier alpha value is -3.05. The van der Waals surface area contributed by atoms with Crippen LogP contribution in [0.5, 0.6) is 17.2 Å². The number of aliphatic hydroxyl groups is 1. The summed E-state index contributed by atoms with van der Waals surface area (Å²) in [6.07, 6.45) is -0.0145. The molecule has 1 N–H and O–H groups in total. The Balaban J connectivity index is 2.03. The maximum absolute atomic E-state index is 9.90. The van der Waals surface area contributed by atoms with Gasteiger partial charge in [0.25, 0.3) is 0 Å². The zero-order chi connectivity index (χ0) is 24.1. The zero-order valence-corrected chi connectivity index (χ0v) is 20.7. The summed E-state index contributed by atoms with van der Waals surface area (Å²) in [5, 5.41) is 9.90. The Morgan fingerprint density at radius 2 is 1.70 bits per heavy atom. The third-order valence-corrected chi connectivity index (χ3v) is 5.66. The number of hydrogen-bond acceptors (Lipinski definition) is 5. The van der Waals surface area contributed by atoms with Crippen LogP contribution in [0.4, 0.5) is 0 Å². The lowest BCUT2D eigenvalue weighted by Gasteiger charge is -2.20. The van der Waals surface area contributed by atoms with Gasteiger partial charge in [0.2, 0.25) is 0 Å². The van der Waals surface area contributed by atoms with Crippen molar-refractivity contribution in [2.45, 2.75) is 66.8 Å². The fourth-order valence-electron chi connectivity index (χ4n) is 3.78. The van der Waals surface area contributed by atoms with E-state index in [9.17, 15) is 5.11 Å². The van der Waals surface area contributed by atoms with E-state index in [1.165, 1.54) is 5.56 Å². The van der Waals surface area contributed by atoms with Crippen LogP contribution in [0, 0.1) is 13.8 Å². The van der Waals surface area contributed by atoms with Gasteiger partial charge in [-0.15, -0.1) is 0 Å². The van der Waals surface area contributed by atoms with Crippen LogP contribution in [0.2, 0.25) is 0 Å². The fraction of sp³-hybridized carbons (Fsp3) is 0.393. The molecule has 1 heterocycles. The second kappa shape index (κ2) is 10.7. The highest BCUT2D eigenvalue weighted by molar-refractivity contribution is 5.73. The molecule has 3 aromatic rings. The predicted octanol–water partition coefficient (Wildman–Crippen LogP) is 6.36. The first-order valence-corrected chi connectivity index (χ1v) is 11.4. The summed E-state index contributed by atoms with van der Waals surface area (Å²) < 4.78 is 18.0. The van der Waals surface area contributed by atoms with Gasteiger partial charge in [-0.05, 0) is 62.4 Å². The Bertz CT molecular complexity index is 1080. The van der Waals surface area contributed by atoms with Gasteiger partial charge in [0, 0.05) is 17.3 Å². The number of pyridine rings is 1. The molecule has 0 atom stereocenters. The third-order valence-electron chi connectivity index (χ3n) is 5.66. The number of methoxy groups -OCH3 is 1. The first kappa shape index (κ1) is 24.6. The Kier molecular flexibility index (Phi) is 7.98. The van der Waals surface area contributed by atoms with Gasteiger partial charge in [-0.3, -0.25) is 4.98 Å². The summed E-state index contributed by atoms with van der Waals surface area (Å²) in [6, 6.07) is 13.9. The van der Waals surface area contributed by atoms with Gasteiger partial charge >= 0.3 is 0 Å². The van der Waals surface area contributed by atoms with Gasteiger partial charge in [0.1, 0.15) is 23.9 Å². The lowest BCUT2D eigenvalue weighted by molar-refractivity contribution is 0.229. The summed E-state index contributed by atoms with van der Waals surface area (Å²) in [6.45, 7) is 12.6. The molecule has 0 spiro atoms. The standard InChI is InChI=1S/C28H35NO4/c1-17(2)21-12-11-19(5)26(13-21)32-16-23-20(6)29-24(14-27(23)33-18(3)4)28-22(15-30)9-8-10-25(28)31-7/h8-14,17-18,30H,15-16H2,1-7H3. The topological polar surface area (TPSA) is 60.8 Å². The third kappa shape index (κ3) is 5.66. The van der Waals surface area contributed by atoms with Crippen molar-refractivity contribution in [2.75, 3.05) is 7.11 Å². The van der Waals surface area contributed by atoms with Crippen molar-refractivity contribution in [3.8, 4) is 28.5 Å². The molecule has 2 aromatic carbocycles. The molecule has 5 heteroatoms. The summed E-state index contributed by atoms with van der Waals surface area (Å²) in [7, 11) is 1.62. The van der Waals surface area contributed by atoms with Crippen molar-refractivity contribution >= 4 is 0 Å². The van der Waals surface area contributed by atoms with Crippen LogP contribution in [0.15, 0.2) is 42.5 Å². The lowest BCUT2D eigenvalue weighted by Crippen LogP contribution is -2.12. The summed E-state index contributed by atoms with van der Waals surface area (Å²) in [5.74, 6) is 2.68. The van der Waals surface area contributed by atoms with E-state index in [0.29, 0.717) is 24.0 Å². The van der Waals surface area contributed by atoms with Crippen molar-refractivity contribution in [1.29, 1.82) is 0 Å². The normalized spacial score (nSPS) is 11.2.